The first-order chi connectivity index (χ1) is 11.9. The molecular weight excluding hydrogens is 340 g/mol. The van der Waals surface area contributed by atoms with Gasteiger partial charge in [0, 0.05) is 38.3 Å². The van der Waals surface area contributed by atoms with Crippen LogP contribution < -0.4 is 4.90 Å². The molecule has 0 N–H and O–H groups in total. The fraction of sp³-hybridized carbons (Fsp3) is 0.611. The van der Waals surface area contributed by atoms with Crippen molar-refractivity contribution in [2.24, 2.45) is 5.92 Å². The highest BCUT2D eigenvalue weighted by Gasteiger charge is 2.32. The molecule has 1 amide bonds. The van der Waals surface area contributed by atoms with Gasteiger partial charge in [-0.05, 0) is 44.4 Å². The number of benzene rings is 1. The van der Waals surface area contributed by atoms with E-state index in [0.29, 0.717) is 32.5 Å². The van der Waals surface area contributed by atoms with Crippen molar-refractivity contribution < 1.29 is 17.9 Å². The number of carbonyl (C=O) groups excluding carboxylic acids is 1. The van der Waals surface area contributed by atoms with Crippen molar-refractivity contribution in [3.63, 3.8) is 0 Å². The monoisotopic (exact) mass is 368 g/mol. The van der Waals surface area contributed by atoms with E-state index in [1.54, 1.807) is 4.90 Å². The molecule has 1 fully saturated rings. The molecule has 0 aromatic heterocycles. The van der Waals surface area contributed by atoms with E-state index < -0.39 is 10.0 Å². The molecule has 1 aromatic rings. The molecule has 140 valence electrons. The Kier molecular flexibility index (Phi) is 6.98. The molecule has 1 aliphatic rings. The molecule has 2 rings (SSSR count). The fourth-order valence-electron chi connectivity index (χ4n) is 3.18. The third-order valence-corrected chi connectivity index (χ3v) is 6.47. The summed E-state index contributed by atoms with van der Waals surface area (Å²) in [7, 11) is -1.80. The van der Waals surface area contributed by atoms with Gasteiger partial charge in [0.2, 0.25) is 15.9 Å². The molecule has 25 heavy (non-hydrogen) atoms. The molecule has 0 radical (unpaired) electrons. The Hall–Kier alpha value is -1.44. The zero-order chi connectivity index (χ0) is 18.4. The van der Waals surface area contributed by atoms with Gasteiger partial charge in [-0.15, -0.1) is 0 Å². The molecule has 0 saturated carbocycles. The van der Waals surface area contributed by atoms with Crippen LogP contribution in [0.3, 0.4) is 0 Å². The van der Waals surface area contributed by atoms with Gasteiger partial charge in [-0.1, -0.05) is 12.1 Å². The summed E-state index contributed by atoms with van der Waals surface area (Å²) in [5.41, 5.74) is 2.02. The number of aryl methyl sites for hydroxylation is 1. The predicted molar refractivity (Wildman–Crippen MR) is 99.2 cm³/mol. The second-order valence-corrected chi connectivity index (χ2v) is 8.49. The van der Waals surface area contributed by atoms with Crippen LogP contribution in [0.1, 0.15) is 25.3 Å². The first-order valence-electron chi connectivity index (χ1n) is 8.74. The van der Waals surface area contributed by atoms with Crippen molar-refractivity contribution in [3.05, 3.63) is 29.8 Å². The summed E-state index contributed by atoms with van der Waals surface area (Å²) in [4.78, 5) is 14.7. The highest BCUT2D eigenvalue weighted by molar-refractivity contribution is 7.89. The highest BCUT2D eigenvalue weighted by atomic mass is 32.2. The van der Waals surface area contributed by atoms with E-state index >= 15 is 0 Å². The largest absolute Gasteiger partial charge is 0.384 e. The van der Waals surface area contributed by atoms with E-state index in [2.05, 4.69) is 0 Å². The summed E-state index contributed by atoms with van der Waals surface area (Å²) in [5.74, 6) is -0.0525. The van der Waals surface area contributed by atoms with Crippen LogP contribution in [0.5, 0.6) is 0 Å². The van der Waals surface area contributed by atoms with Crippen LogP contribution in [0.15, 0.2) is 24.3 Å². The zero-order valence-electron chi connectivity index (χ0n) is 15.3. The lowest BCUT2D eigenvalue weighted by Crippen LogP contribution is -2.45. The van der Waals surface area contributed by atoms with Crippen LogP contribution in [0.2, 0.25) is 0 Å². The fourth-order valence-corrected chi connectivity index (χ4v) is 4.58. The number of carbonyl (C=O) groups is 1. The van der Waals surface area contributed by atoms with Gasteiger partial charge in [-0.25, -0.2) is 12.7 Å². The normalized spacial score (nSPS) is 16.8. The van der Waals surface area contributed by atoms with E-state index in [1.807, 2.05) is 38.1 Å². The number of nitrogens with zero attached hydrogens (tertiary/aromatic N) is 2. The number of piperidine rings is 1. The lowest BCUT2D eigenvalue weighted by molar-refractivity contribution is -0.123. The maximum atomic E-state index is 12.9. The summed E-state index contributed by atoms with van der Waals surface area (Å²) in [6.07, 6.45) is 1.13. The number of sulfonamides is 1. The third-order valence-electron chi connectivity index (χ3n) is 4.64. The molecule has 1 aliphatic heterocycles. The standard InChI is InChI=1S/C18H28N2O4S/c1-4-20(17-7-5-6-15(2)14-17)18(21)16-8-10-19(11-9-16)25(22,23)13-12-24-3/h5-7,14,16H,4,8-13H2,1-3H3. The Bertz CT molecular complexity index is 682. The van der Waals surface area contributed by atoms with Crippen molar-refractivity contribution in [2.75, 3.05) is 44.0 Å². The van der Waals surface area contributed by atoms with Gasteiger partial charge in [0.1, 0.15) is 0 Å². The Balaban J connectivity index is 2.00. The Labute approximate surface area is 150 Å². The molecule has 0 atom stereocenters. The smallest absolute Gasteiger partial charge is 0.230 e. The van der Waals surface area contributed by atoms with E-state index in [0.717, 1.165) is 11.3 Å². The Morgan fingerprint density at radius 1 is 1.32 bits per heavy atom. The molecule has 6 nitrogen and oxygen atoms in total. The van der Waals surface area contributed by atoms with Crippen molar-refractivity contribution >= 4 is 21.6 Å². The average molecular weight is 368 g/mol. The second kappa shape index (κ2) is 8.78. The molecule has 0 aliphatic carbocycles. The van der Waals surface area contributed by atoms with Crippen LogP contribution in [0.25, 0.3) is 0 Å². The summed E-state index contributed by atoms with van der Waals surface area (Å²) in [6, 6.07) is 7.90. The van der Waals surface area contributed by atoms with Crippen molar-refractivity contribution in [2.45, 2.75) is 26.7 Å². The number of ether oxygens (including phenoxy) is 1. The third kappa shape index (κ3) is 5.03. The van der Waals surface area contributed by atoms with E-state index in [-0.39, 0.29) is 24.2 Å². The number of hydrogen-bond acceptors (Lipinski definition) is 4. The first-order valence-corrected chi connectivity index (χ1v) is 10.3. The Morgan fingerprint density at radius 3 is 2.56 bits per heavy atom. The summed E-state index contributed by atoms with van der Waals surface area (Å²) >= 11 is 0. The summed E-state index contributed by atoms with van der Waals surface area (Å²) < 4.78 is 30.8. The van der Waals surface area contributed by atoms with Gasteiger partial charge in [-0.3, -0.25) is 4.79 Å². The quantitative estimate of drug-likeness (QED) is 0.739. The van der Waals surface area contributed by atoms with Crippen LogP contribution >= 0.6 is 0 Å². The number of anilines is 1. The summed E-state index contributed by atoms with van der Waals surface area (Å²) in [6.45, 7) is 5.56. The summed E-state index contributed by atoms with van der Waals surface area (Å²) in [5, 5.41) is 0. The molecule has 0 spiro atoms. The lowest BCUT2D eigenvalue weighted by atomic mass is 9.96. The van der Waals surface area contributed by atoms with Crippen molar-refractivity contribution in [1.82, 2.24) is 4.31 Å². The highest BCUT2D eigenvalue weighted by Crippen LogP contribution is 2.25. The average Bonchev–Trinajstić information content (AvgIpc) is 2.61. The van der Waals surface area contributed by atoms with Crippen molar-refractivity contribution in [1.29, 1.82) is 0 Å². The maximum absolute atomic E-state index is 12.9. The van der Waals surface area contributed by atoms with Crippen LogP contribution in [-0.4, -0.2) is 57.7 Å². The minimum Gasteiger partial charge on any atom is -0.384 e. The van der Waals surface area contributed by atoms with Gasteiger partial charge in [-0.2, -0.15) is 0 Å². The minimum atomic E-state index is -3.29. The topological polar surface area (TPSA) is 66.9 Å². The number of methoxy groups -OCH3 is 1. The van der Waals surface area contributed by atoms with E-state index in [4.69, 9.17) is 4.74 Å². The van der Waals surface area contributed by atoms with Gasteiger partial charge >= 0.3 is 0 Å². The molecule has 1 heterocycles. The second-order valence-electron chi connectivity index (χ2n) is 6.40. The maximum Gasteiger partial charge on any atom is 0.230 e. The van der Waals surface area contributed by atoms with Gasteiger partial charge in [0.25, 0.3) is 0 Å². The van der Waals surface area contributed by atoms with Crippen molar-refractivity contribution in [3.8, 4) is 0 Å². The van der Waals surface area contributed by atoms with E-state index in [9.17, 15) is 13.2 Å². The molecule has 0 bridgehead atoms. The van der Waals surface area contributed by atoms with E-state index in [1.165, 1.54) is 11.4 Å². The zero-order valence-corrected chi connectivity index (χ0v) is 16.1. The molecule has 0 unspecified atom stereocenters. The number of rotatable bonds is 7. The molecule has 1 aromatic carbocycles. The van der Waals surface area contributed by atoms with Crippen LogP contribution in [0, 0.1) is 12.8 Å². The molecular formula is C18H28N2O4S. The van der Waals surface area contributed by atoms with Gasteiger partial charge in [0.15, 0.2) is 0 Å². The first kappa shape index (κ1) is 19.9. The van der Waals surface area contributed by atoms with Gasteiger partial charge < -0.3 is 9.64 Å². The minimum absolute atomic E-state index is 0.00745. The SMILES string of the molecule is CCN(C(=O)C1CCN(S(=O)(=O)CCOC)CC1)c1cccc(C)c1. The number of hydrogen-bond donors (Lipinski definition) is 0. The van der Waals surface area contributed by atoms with Gasteiger partial charge in [0.05, 0.1) is 12.4 Å². The molecule has 1 saturated heterocycles. The Morgan fingerprint density at radius 2 is 2.00 bits per heavy atom. The van der Waals surface area contributed by atoms with Crippen LogP contribution in [0.4, 0.5) is 5.69 Å². The lowest BCUT2D eigenvalue weighted by Gasteiger charge is -2.33. The predicted octanol–water partition coefficient (Wildman–Crippen LogP) is 2.04. The number of amides is 1. The molecule has 7 heteroatoms. The van der Waals surface area contributed by atoms with Crippen LogP contribution in [-0.2, 0) is 19.6 Å².